The molecule has 1 N–H and O–H groups in total. The van der Waals surface area contributed by atoms with Gasteiger partial charge in [0, 0.05) is 31.5 Å². The fraction of sp³-hybridized carbons (Fsp3) is 0.294. The van der Waals surface area contributed by atoms with Gasteiger partial charge < -0.3 is 9.88 Å². The second kappa shape index (κ2) is 7.92. The second-order valence-electron chi connectivity index (χ2n) is 5.90. The molecular weight excluding hydrogens is 371 g/mol. The van der Waals surface area contributed by atoms with Crippen LogP contribution in [0.5, 0.6) is 0 Å². The molecule has 140 valence electrons. The van der Waals surface area contributed by atoms with Gasteiger partial charge in [-0.25, -0.2) is 0 Å². The highest BCUT2D eigenvalue weighted by Crippen LogP contribution is 2.36. The molecule has 2 aromatic rings. The number of alkyl halides is 3. The van der Waals surface area contributed by atoms with Crippen LogP contribution in [-0.4, -0.2) is 29.0 Å². The molecule has 0 atom stereocenters. The number of hydrogen-bond acceptors (Lipinski definition) is 3. The molecule has 1 aromatic heterocycles. The lowest BCUT2D eigenvalue weighted by Gasteiger charge is -2.17. The molecule has 1 heterocycles. The number of halogens is 4. The van der Waals surface area contributed by atoms with Crippen LogP contribution >= 0.6 is 11.6 Å². The van der Waals surface area contributed by atoms with Gasteiger partial charge in [-0.3, -0.25) is 14.5 Å². The van der Waals surface area contributed by atoms with Gasteiger partial charge in [-0.2, -0.15) is 13.2 Å². The summed E-state index contributed by atoms with van der Waals surface area (Å²) in [7, 11) is 3.30. The SMILES string of the molecule is CN(CC(=O)Nc1ccc(Cl)c(C(F)(F)F)c1)Cc1ccn(C)c(=O)c1. The largest absolute Gasteiger partial charge is 0.417 e. The summed E-state index contributed by atoms with van der Waals surface area (Å²) < 4.78 is 40.0. The van der Waals surface area contributed by atoms with E-state index in [9.17, 15) is 22.8 Å². The van der Waals surface area contributed by atoms with Crippen LogP contribution in [0.15, 0.2) is 41.3 Å². The molecule has 26 heavy (non-hydrogen) atoms. The molecule has 0 bridgehead atoms. The quantitative estimate of drug-likeness (QED) is 0.857. The highest BCUT2D eigenvalue weighted by Gasteiger charge is 2.33. The van der Waals surface area contributed by atoms with Gasteiger partial charge in [0.05, 0.1) is 17.1 Å². The van der Waals surface area contributed by atoms with Gasteiger partial charge in [-0.15, -0.1) is 0 Å². The molecule has 0 fully saturated rings. The van der Waals surface area contributed by atoms with Crippen LogP contribution in [0.4, 0.5) is 18.9 Å². The number of carbonyl (C=O) groups excluding carboxylic acids is 1. The second-order valence-corrected chi connectivity index (χ2v) is 6.30. The molecule has 0 aliphatic rings. The number of carbonyl (C=O) groups is 1. The smallest absolute Gasteiger partial charge is 0.325 e. The number of rotatable bonds is 5. The third-order valence-electron chi connectivity index (χ3n) is 3.59. The summed E-state index contributed by atoms with van der Waals surface area (Å²) in [5.41, 5.74) is -0.436. The van der Waals surface area contributed by atoms with Crippen molar-refractivity contribution in [2.75, 3.05) is 18.9 Å². The van der Waals surface area contributed by atoms with Gasteiger partial charge in [0.2, 0.25) is 5.91 Å². The van der Waals surface area contributed by atoms with E-state index < -0.39 is 22.7 Å². The topological polar surface area (TPSA) is 54.3 Å². The Morgan fingerprint density at radius 1 is 1.27 bits per heavy atom. The minimum atomic E-state index is -4.60. The zero-order chi connectivity index (χ0) is 19.5. The van der Waals surface area contributed by atoms with Crippen molar-refractivity contribution in [3.05, 3.63) is 63.0 Å². The van der Waals surface area contributed by atoms with Crippen molar-refractivity contribution in [3.8, 4) is 0 Å². The third kappa shape index (κ3) is 5.34. The van der Waals surface area contributed by atoms with Gasteiger partial charge in [0.1, 0.15) is 0 Å². The molecule has 0 aliphatic heterocycles. The highest BCUT2D eigenvalue weighted by atomic mass is 35.5. The average molecular weight is 388 g/mol. The minimum Gasteiger partial charge on any atom is -0.325 e. The fourth-order valence-electron chi connectivity index (χ4n) is 2.32. The Morgan fingerprint density at radius 2 is 1.96 bits per heavy atom. The molecule has 9 heteroatoms. The summed E-state index contributed by atoms with van der Waals surface area (Å²) in [6, 6.07) is 6.40. The van der Waals surface area contributed by atoms with E-state index in [-0.39, 0.29) is 17.8 Å². The summed E-state index contributed by atoms with van der Waals surface area (Å²) in [6.07, 6.45) is -2.98. The molecule has 0 saturated carbocycles. The van der Waals surface area contributed by atoms with Crippen LogP contribution in [0.1, 0.15) is 11.1 Å². The molecule has 0 unspecified atom stereocenters. The number of hydrogen-bond donors (Lipinski definition) is 1. The van der Waals surface area contributed by atoms with E-state index in [2.05, 4.69) is 5.32 Å². The van der Waals surface area contributed by atoms with Crippen molar-refractivity contribution in [2.45, 2.75) is 12.7 Å². The van der Waals surface area contributed by atoms with Crippen LogP contribution in [0, 0.1) is 0 Å². The van der Waals surface area contributed by atoms with Crippen LogP contribution < -0.4 is 10.9 Å². The molecule has 0 radical (unpaired) electrons. The number of likely N-dealkylation sites (N-methyl/N-ethyl adjacent to an activating group) is 1. The number of amides is 1. The maximum absolute atomic E-state index is 12.8. The molecule has 0 aliphatic carbocycles. The van der Waals surface area contributed by atoms with Gasteiger partial charge in [-0.1, -0.05) is 11.6 Å². The monoisotopic (exact) mass is 387 g/mol. The first-order valence-electron chi connectivity index (χ1n) is 7.57. The fourth-order valence-corrected chi connectivity index (χ4v) is 2.55. The van der Waals surface area contributed by atoms with Crippen LogP contribution in [-0.2, 0) is 24.6 Å². The predicted octanol–water partition coefficient (Wildman–Crippen LogP) is 3.13. The van der Waals surface area contributed by atoms with Crippen molar-refractivity contribution in [1.82, 2.24) is 9.47 Å². The van der Waals surface area contributed by atoms with Gasteiger partial charge in [0.15, 0.2) is 0 Å². The lowest BCUT2D eigenvalue weighted by molar-refractivity contribution is -0.137. The average Bonchev–Trinajstić information content (AvgIpc) is 2.51. The zero-order valence-corrected chi connectivity index (χ0v) is 14.9. The van der Waals surface area contributed by atoms with E-state index >= 15 is 0 Å². The Kier molecular flexibility index (Phi) is 6.09. The Bertz CT molecular complexity index is 865. The molecule has 1 amide bonds. The zero-order valence-electron chi connectivity index (χ0n) is 14.1. The number of pyridine rings is 1. The minimum absolute atomic E-state index is 0.00806. The number of nitrogens with zero attached hydrogens (tertiary/aromatic N) is 2. The number of anilines is 1. The highest BCUT2D eigenvalue weighted by molar-refractivity contribution is 6.31. The summed E-state index contributed by atoms with van der Waals surface area (Å²) >= 11 is 5.55. The van der Waals surface area contributed by atoms with E-state index in [0.29, 0.717) is 6.54 Å². The van der Waals surface area contributed by atoms with E-state index in [1.807, 2.05) is 0 Å². The molecular formula is C17H17ClF3N3O2. The maximum Gasteiger partial charge on any atom is 0.417 e. The lowest BCUT2D eigenvalue weighted by Crippen LogP contribution is -2.30. The van der Waals surface area contributed by atoms with Crippen molar-refractivity contribution < 1.29 is 18.0 Å². The number of aromatic nitrogens is 1. The Hall–Kier alpha value is -2.32. The third-order valence-corrected chi connectivity index (χ3v) is 3.92. The van der Waals surface area contributed by atoms with Gasteiger partial charge >= 0.3 is 6.18 Å². The van der Waals surface area contributed by atoms with E-state index in [1.165, 1.54) is 16.7 Å². The van der Waals surface area contributed by atoms with Crippen LogP contribution in [0.2, 0.25) is 5.02 Å². The van der Waals surface area contributed by atoms with E-state index in [4.69, 9.17) is 11.6 Å². The molecule has 0 spiro atoms. The normalized spacial score (nSPS) is 11.7. The van der Waals surface area contributed by atoms with E-state index in [0.717, 1.165) is 17.7 Å². The Morgan fingerprint density at radius 3 is 2.58 bits per heavy atom. The van der Waals surface area contributed by atoms with Crippen molar-refractivity contribution in [2.24, 2.45) is 7.05 Å². The summed E-state index contributed by atoms with van der Waals surface area (Å²) in [5.74, 6) is -0.480. The van der Waals surface area contributed by atoms with Crippen molar-refractivity contribution >= 4 is 23.2 Å². The van der Waals surface area contributed by atoms with Crippen LogP contribution in [0.25, 0.3) is 0 Å². The Balaban J connectivity index is 2.00. The first-order chi connectivity index (χ1) is 12.1. The molecule has 5 nitrogen and oxygen atoms in total. The van der Waals surface area contributed by atoms with Crippen LogP contribution in [0.3, 0.4) is 0 Å². The first-order valence-corrected chi connectivity index (χ1v) is 7.95. The number of nitrogens with one attached hydrogen (secondary N) is 1. The lowest BCUT2D eigenvalue weighted by atomic mass is 10.2. The Labute approximate surface area is 153 Å². The molecule has 0 saturated heterocycles. The summed E-state index contributed by atoms with van der Waals surface area (Å²) in [5, 5.41) is 1.98. The van der Waals surface area contributed by atoms with Gasteiger partial charge in [-0.05, 0) is 36.9 Å². The van der Waals surface area contributed by atoms with E-state index in [1.54, 1.807) is 31.3 Å². The molecule has 2 rings (SSSR count). The standard InChI is InChI=1S/C17H17ClF3N3O2/c1-23(9-11-5-6-24(2)16(26)7-11)10-15(25)22-12-3-4-14(18)13(8-12)17(19,20)21/h3-8H,9-10H2,1-2H3,(H,22,25). The van der Waals surface area contributed by atoms with Crippen molar-refractivity contribution in [1.29, 1.82) is 0 Å². The summed E-state index contributed by atoms with van der Waals surface area (Å²) in [6.45, 7) is 0.289. The predicted molar refractivity (Wildman–Crippen MR) is 93.1 cm³/mol. The first kappa shape index (κ1) is 20.0. The maximum atomic E-state index is 12.8. The summed E-state index contributed by atoms with van der Waals surface area (Å²) in [4.78, 5) is 25.3. The van der Waals surface area contributed by atoms with Crippen molar-refractivity contribution in [3.63, 3.8) is 0 Å². The molecule has 1 aromatic carbocycles. The van der Waals surface area contributed by atoms with Gasteiger partial charge in [0.25, 0.3) is 5.56 Å². The number of benzene rings is 1. The number of aryl methyl sites for hydroxylation is 1.